The molecule has 0 aliphatic carbocycles. The number of carbonyl (C=O) groups is 3. The molecule has 2 N–H and O–H groups in total. The van der Waals surface area contributed by atoms with Crippen LogP contribution in [-0.2, 0) is 16.1 Å². The van der Waals surface area contributed by atoms with E-state index in [-0.39, 0.29) is 30.1 Å². The van der Waals surface area contributed by atoms with Gasteiger partial charge >= 0.3 is 0 Å². The summed E-state index contributed by atoms with van der Waals surface area (Å²) in [6, 6.07) is 14.5. The fraction of sp³-hybridized carbons (Fsp3) is 0.250. The van der Waals surface area contributed by atoms with Crippen LogP contribution < -0.4 is 15.5 Å². The topological polar surface area (TPSA) is 78.5 Å². The highest BCUT2D eigenvalue weighted by Gasteiger charge is 2.35. The molecule has 1 aliphatic rings. The number of hydrogen-bond acceptors (Lipinski definition) is 3. The Hall–Kier alpha value is -2.67. The average molecular weight is 430 g/mol. The number of amides is 3. The molecule has 1 fully saturated rings. The van der Waals surface area contributed by atoms with Gasteiger partial charge in [-0.3, -0.25) is 14.4 Å². The predicted molar refractivity (Wildman–Crippen MR) is 106 cm³/mol. The highest BCUT2D eigenvalue weighted by Crippen LogP contribution is 2.31. The Morgan fingerprint density at radius 2 is 1.85 bits per heavy atom. The van der Waals surface area contributed by atoms with Gasteiger partial charge in [-0.05, 0) is 45.8 Å². The smallest absolute Gasteiger partial charge is 0.251 e. The molecule has 1 saturated heterocycles. The molecular formula is C20H20BrN3O3. The van der Waals surface area contributed by atoms with Crippen LogP contribution in [0.15, 0.2) is 53.0 Å². The normalized spacial score (nSPS) is 16.3. The fourth-order valence-corrected chi connectivity index (χ4v) is 3.54. The molecule has 27 heavy (non-hydrogen) atoms. The van der Waals surface area contributed by atoms with Crippen molar-refractivity contribution < 1.29 is 14.4 Å². The maximum absolute atomic E-state index is 12.5. The van der Waals surface area contributed by atoms with Crippen molar-refractivity contribution >= 4 is 39.3 Å². The van der Waals surface area contributed by atoms with Crippen LogP contribution in [0.1, 0.15) is 22.3 Å². The number of rotatable bonds is 5. The second kappa shape index (κ2) is 8.35. The van der Waals surface area contributed by atoms with Crippen LogP contribution in [0.4, 0.5) is 5.69 Å². The first-order valence-electron chi connectivity index (χ1n) is 8.63. The van der Waals surface area contributed by atoms with Gasteiger partial charge < -0.3 is 15.5 Å². The maximum atomic E-state index is 12.5. The van der Waals surface area contributed by atoms with Gasteiger partial charge in [-0.25, -0.2) is 0 Å². The van der Waals surface area contributed by atoms with E-state index in [1.165, 1.54) is 0 Å². The molecule has 2 aromatic carbocycles. The standard InChI is InChI=1S/C20H20BrN3O3/c1-22-19(26)14-8-6-13(7-9-14)11-23-20(27)15-10-18(25)24(12-15)17-5-3-2-4-16(17)21/h2-9,15H,10-12H2,1H3,(H,22,26)(H,23,27). The minimum absolute atomic E-state index is 0.0584. The molecule has 1 aliphatic heterocycles. The first-order valence-corrected chi connectivity index (χ1v) is 9.42. The lowest BCUT2D eigenvalue weighted by Crippen LogP contribution is -2.32. The zero-order valence-electron chi connectivity index (χ0n) is 14.9. The summed E-state index contributed by atoms with van der Waals surface area (Å²) in [5.74, 6) is -0.734. The summed E-state index contributed by atoms with van der Waals surface area (Å²) in [6.07, 6.45) is 0.197. The van der Waals surface area contributed by atoms with Gasteiger partial charge in [0.2, 0.25) is 11.8 Å². The van der Waals surface area contributed by atoms with Gasteiger partial charge in [-0.2, -0.15) is 0 Å². The van der Waals surface area contributed by atoms with Gasteiger partial charge in [0.25, 0.3) is 5.91 Å². The highest BCUT2D eigenvalue weighted by molar-refractivity contribution is 9.10. The van der Waals surface area contributed by atoms with Crippen LogP contribution in [0.2, 0.25) is 0 Å². The number of para-hydroxylation sites is 1. The second-order valence-electron chi connectivity index (χ2n) is 6.35. The molecule has 0 radical (unpaired) electrons. The van der Waals surface area contributed by atoms with Crippen molar-refractivity contribution in [1.29, 1.82) is 0 Å². The van der Waals surface area contributed by atoms with Gasteiger partial charge in [0, 0.05) is 36.6 Å². The first-order chi connectivity index (χ1) is 13.0. The highest BCUT2D eigenvalue weighted by atomic mass is 79.9. The molecule has 0 spiro atoms. The van der Waals surface area contributed by atoms with E-state index in [9.17, 15) is 14.4 Å². The Labute approximate surface area is 166 Å². The second-order valence-corrected chi connectivity index (χ2v) is 7.20. The van der Waals surface area contributed by atoms with Crippen molar-refractivity contribution in [3.63, 3.8) is 0 Å². The Morgan fingerprint density at radius 3 is 2.52 bits per heavy atom. The Bertz CT molecular complexity index is 867. The molecule has 1 atom stereocenters. The summed E-state index contributed by atoms with van der Waals surface area (Å²) in [6.45, 7) is 0.718. The third-order valence-electron chi connectivity index (χ3n) is 4.55. The van der Waals surface area contributed by atoms with Crippen molar-refractivity contribution in [1.82, 2.24) is 10.6 Å². The van der Waals surface area contributed by atoms with E-state index in [1.54, 1.807) is 36.2 Å². The summed E-state index contributed by atoms with van der Waals surface area (Å²) in [5.41, 5.74) is 2.24. The van der Waals surface area contributed by atoms with Crippen molar-refractivity contribution in [2.24, 2.45) is 5.92 Å². The van der Waals surface area contributed by atoms with Gasteiger partial charge in [0.1, 0.15) is 0 Å². The summed E-state index contributed by atoms with van der Waals surface area (Å²) < 4.78 is 0.829. The molecule has 0 saturated carbocycles. The van der Waals surface area contributed by atoms with Crippen molar-refractivity contribution in [2.75, 3.05) is 18.5 Å². The molecule has 140 valence electrons. The fourth-order valence-electron chi connectivity index (χ4n) is 3.04. The van der Waals surface area contributed by atoms with Crippen molar-refractivity contribution in [3.05, 3.63) is 64.1 Å². The van der Waals surface area contributed by atoms with E-state index in [4.69, 9.17) is 0 Å². The zero-order valence-corrected chi connectivity index (χ0v) is 16.5. The molecule has 7 heteroatoms. The number of nitrogens with one attached hydrogen (secondary N) is 2. The molecule has 2 aromatic rings. The Kier molecular flexibility index (Phi) is 5.91. The quantitative estimate of drug-likeness (QED) is 0.765. The minimum atomic E-state index is -0.380. The minimum Gasteiger partial charge on any atom is -0.355 e. The van der Waals surface area contributed by atoms with E-state index < -0.39 is 0 Å². The van der Waals surface area contributed by atoms with Gasteiger partial charge in [-0.1, -0.05) is 24.3 Å². The summed E-state index contributed by atoms with van der Waals surface area (Å²) in [7, 11) is 1.58. The summed E-state index contributed by atoms with van der Waals surface area (Å²) in [5, 5.41) is 5.45. The van der Waals surface area contributed by atoms with Gasteiger partial charge in [0.05, 0.1) is 11.6 Å². The van der Waals surface area contributed by atoms with E-state index in [2.05, 4.69) is 26.6 Å². The van der Waals surface area contributed by atoms with E-state index in [0.717, 1.165) is 15.7 Å². The molecule has 3 rings (SSSR count). The average Bonchev–Trinajstić information content (AvgIpc) is 3.08. The lowest BCUT2D eigenvalue weighted by molar-refractivity contribution is -0.126. The monoisotopic (exact) mass is 429 g/mol. The molecule has 0 bridgehead atoms. The molecule has 3 amide bonds. The first kappa shape index (κ1) is 19.1. The van der Waals surface area contributed by atoms with Crippen LogP contribution in [0, 0.1) is 5.92 Å². The van der Waals surface area contributed by atoms with Crippen LogP contribution in [0.25, 0.3) is 0 Å². The lowest BCUT2D eigenvalue weighted by atomic mass is 10.1. The summed E-state index contributed by atoms with van der Waals surface area (Å²) in [4.78, 5) is 38.0. The number of benzene rings is 2. The molecule has 6 nitrogen and oxygen atoms in total. The largest absolute Gasteiger partial charge is 0.355 e. The maximum Gasteiger partial charge on any atom is 0.251 e. The lowest BCUT2D eigenvalue weighted by Gasteiger charge is -2.18. The number of anilines is 1. The van der Waals surface area contributed by atoms with Crippen LogP contribution in [0.5, 0.6) is 0 Å². The number of carbonyl (C=O) groups excluding carboxylic acids is 3. The number of hydrogen-bond donors (Lipinski definition) is 2. The van der Waals surface area contributed by atoms with Crippen molar-refractivity contribution in [2.45, 2.75) is 13.0 Å². The SMILES string of the molecule is CNC(=O)c1ccc(CNC(=O)C2CC(=O)N(c3ccccc3Br)C2)cc1. The third-order valence-corrected chi connectivity index (χ3v) is 5.22. The Morgan fingerprint density at radius 1 is 1.15 bits per heavy atom. The predicted octanol–water partition coefficient (Wildman–Crippen LogP) is 2.48. The molecule has 0 aromatic heterocycles. The van der Waals surface area contributed by atoms with E-state index in [0.29, 0.717) is 18.7 Å². The van der Waals surface area contributed by atoms with E-state index >= 15 is 0 Å². The van der Waals surface area contributed by atoms with Crippen LogP contribution in [0.3, 0.4) is 0 Å². The van der Waals surface area contributed by atoms with Gasteiger partial charge in [-0.15, -0.1) is 0 Å². The zero-order chi connectivity index (χ0) is 19.4. The van der Waals surface area contributed by atoms with Crippen LogP contribution >= 0.6 is 15.9 Å². The van der Waals surface area contributed by atoms with Gasteiger partial charge in [0.15, 0.2) is 0 Å². The number of halogens is 1. The van der Waals surface area contributed by atoms with Crippen LogP contribution in [-0.4, -0.2) is 31.3 Å². The van der Waals surface area contributed by atoms with E-state index in [1.807, 2.05) is 24.3 Å². The van der Waals surface area contributed by atoms with Crippen molar-refractivity contribution in [3.8, 4) is 0 Å². The third kappa shape index (κ3) is 4.36. The Balaban J connectivity index is 1.58. The molecule has 1 heterocycles. The number of nitrogens with zero attached hydrogens (tertiary/aromatic N) is 1. The molecular weight excluding hydrogens is 410 g/mol. The summed E-state index contributed by atoms with van der Waals surface area (Å²) >= 11 is 3.45. The molecule has 1 unspecified atom stereocenters.